The van der Waals surface area contributed by atoms with Gasteiger partial charge in [0.15, 0.2) is 0 Å². The van der Waals surface area contributed by atoms with Crippen molar-refractivity contribution in [3.8, 4) is 11.5 Å². The van der Waals surface area contributed by atoms with Crippen molar-refractivity contribution in [1.29, 1.82) is 0 Å². The van der Waals surface area contributed by atoms with E-state index in [1.807, 2.05) is 19.1 Å². The second-order valence-electron chi connectivity index (χ2n) is 5.00. The molecule has 0 saturated carbocycles. The minimum Gasteiger partial charge on any atom is -0.497 e. The maximum atomic E-state index is 12.3. The molecule has 1 heterocycles. The number of rotatable bonds is 6. The quantitative estimate of drug-likeness (QED) is 0.889. The fourth-order valence-electron chi connectivity index (χ4n) is 2.22. The molecular formula is C16H21N3O3. The highest BCUT2D eigenvalue weighted by molar-refractivity contribution is 5.80. The van der Waals surface area contributed by atoms with Crippen LogP contribution >= 0.6 is 0 Å². The number of carbonyl (C=O) groups is 1. The third-order valence-corrected chi connectivity index (χ3v) is 3.57. The molecule has 118 valence electrons. The first kappa shape index (κ1) is 15.9. The van der Waals surface area contributed by atoms with Crippen molar-refractivity contribution in [2.75, 3.05) is 14.2 Å². The van der Waals surface area contributed by atoms with Crippen LogP contribution < -0.4 is 14.8 Å². The molecule has 0 radical (unpaired) electrons. The highest BCUT2D eigenvalue weighted by Crippen LogP contribution is 2.29. The third-order valence-electron chi connectivity index (χ3n) is 3.57. The maximum absolute atomic E-state index is 12.3. The number of hydrogen-bond donors (Lipinski definition) is 1. The average molecular weight is 303 g/mol. The van der Waals surface area contributed by atoms with Crippen LogP contribution in [0.4, 0.5) is 0 Å². The second-order valence-corrected chi connectivity index (χ2v) is 5.00. The van der Waals surface area contributed by atoms with Gasteiger partial charge in [-0.3, -0.25) is 9.48 Å². The van der Waals surface area contributed by atoms with Crippen LogP contribution in [0.2, 0.25) is 0 Å². The van der Waals surface area contributed by atoms with Gasteiger partial charge in [0.05, 0.1) is 20.3 Å². The van der Waals surface area contributed by atoms with Crippen LogP contribution in [0, 0.1) is 0 Å². The molecule has 0 spiro atoms. The minimum absolute atomic E-state index is 0.103. The van der Waals surface area contributed by atoms with Gasteiger partial charge in [0.1, 0.15) is 17.5 Å². The molecule has 2 aromatic rings. The van der Waals surface area contributed by atoms with Crippen LogP contribution in [0.3, 0.4) is 0 Å². The number of nitrogens with one attached hydrogen (secondary N) is 1. The van der Waals surface area contributed by atoms with Crippen molar-refractivity contribution in [2.45, 2.75) is 25.9 Å². The summed E-state index contributed by atoms with van der Waals surface area (Å²) in [4.78, 5) is 12.3. The van der Waals surface area contributed by atoms with Crippen LogP contribution in [0.1, 0.15) is 31.5 Å². The smallest absolute Gasteiger partial charge is 0.245 e. The van der Waals surface area contributed by atoms with Crippen molar-refractivity contribution < 1.29 is 14.3 Å². The molecule has 22 heavy (non-hydrogen) atoms. The third kappa shape index (κ3) is 3.39. The van der Waals surface area contributed by atoms with E-state index in [9.17, 15) is 4.79 Å². The number of methoxy groups -OCH3 is 2. The van der Waals surface area contributed by atoms with Crippen molar-refractivity contribution in [3.63, 3.8) is 0 Å². The summed E-state index contributed by atoms with van der Waals surface area (Å²) in [6.07, 6.45) is 3.42. The lowest BCUT2D eigenvalue weighted by molar-refractivity contribution is -0.124. The number of ether oxygens (including phenoxy) is 2. The first-order valence-electron chi connectivity index (χ1n) is 7.08. The van der Waals surface area contributed by atoms with E-state index in [2.05, 4.69) is 10.4 Å². The summed E-state index contributed by atoms with van der Waals surface area (Å²) in [5.74, 6) is 1.29. The van der Waals surface area contributed by atoms with Crippen LogP contribution in [-0.4, -0.2) is 29.9 Å². The lowest BCUT2D eigenvalue weighted by Crippen LogP contribution is -2.33. The number of amides is 1. The fraction of sp³-hybridized carbons (Fsp3) is 0.375. The summed E-state index contributed by atoms with van der Waals surface area (Å²) in [5, 5.41) is 7.06. The van der Waals surface area contributed by atoms with Gasteiger partial charge in [-0.15, -0.1) is 0 Å². The van der Waals surface area contributed by atoms with E-state index in [-0.39, 0.29) is 18.0 Å². The highest BCUT2D eigenvalue weighted by Gasteiger charge is 2.20. The largest absolute Gasteiger partial charge is 0.497 e. The Kier molecular flexibility index (Phi) is 5.04. The molecule has 1 aromatic carbocycles. The first-order chi connectivity index (χ1) is 10.6. The van der Waals surface area contributed by atoms with E-state index in [1.165, 1.54) is 0 Å². The van der Waals surface area contributed by atoms with E-state index in [0.717, 1.165) is 5.56 Å². The molecular weight excluding hydrogens is 282 g/mol. The van der Waals surface area contributed by atoms with Gasteiger partial charge in [-0.05, 0) is 32.0 Å². The number of hydrogen-bond acceptors (Lipinski definition) is 4. The van der Waals surface area contributed by atoms with Gasteiger partial charge >= 0.3 is 0 Å². The molecule has 0 aliphatic heterocycles. The maximum Gasteiger partial charge on any atom is 0.245 e. The van der Waals surface area contributed by atoms with E-state index >= 15 is 0 Å². The Morgan fingerprint density at radius 3 is 2.64 bits per heavy atom. The normalized spacial score (nSPS) is 13.3. The van der Waals surface area contributed by atoms with Crippen molar-refractivity contribution in [2.24, 2.45) is 0 Å². The molecule has 6 nitrogen and oxygen atoms in total. The van der Waals surface area contributed by atoms with Gasteiger partial charge in [0.25, 0.3) is 0 Å². The summed E-state index contributed by atoms with van der Waals surface area (Å²) in [7, 11) is 3.20. The predicted octanol–water partition coefficient (Wildman–Crippen LogP) is 2.34. The summed E-state index contributed by atoms with van der Waals surface area (Å²) >= 11 is 0. The van der Waals surface area contributed by atoms with Crippen molar-refractivity contribution in [1.82, 2.24) is 15.1 Å². The number of benzene rings is 1. The topological polar surface area (TPSA) is 65.4 Å². The standard InChI is InChI=1S/C16H21N3O3/c1-11(14-7-6-13(21-3)10-15(14)22-4)18-16(20)12(2)19-9-5-8-17-19/h5-12H,1-4H3,(H,18,20). The van der Waals surface area contributed by atoms with Crippen molar-refractivity contribution >= 4 is 5.91 Å². The van der Waals surface area contributed by atoms with Crippen LogP contribution in [0.15, 0.2) is 36.7 Å². The molecule has 1 amide bonds. The van der Waals surface area contributed by atoms with Crippen LogP contribution in [0.25, 0.3) is 0 Å². The molecule has 2 rings (SSSR count). The SMILES string of the molecule is COc1ccc(C(C)NC(=O)C(C)n2cccn2)c(OC)c1. The Morgan fingerprint density at radius 2 is 2.05 bits per heavy atom. The van der Waals surface area contributed by atoms with Crippen LogP contribution in [0.5, 0.6) is 11.5 Å². The van der Waals surface area contributed by atoms with Gasteiger partial charge < -0.3 is 14.8 Å². The lowest BCUT2D eigenvalue weighted by Gasteiger charge is -2.20. The zero-order valence-electron chi connectivity index (χ0n) is 13.2. The van der Waals surface area contributed by atoms with Gasteiger partial charge in [-0.1, -0.05) is 0 Å². The Hall–Kier alpha value is -2.50. The van der Waals surface area contributed by atoms with E-state index < -0.39 is 0 Å². The second kappa shape index (κ2) is 6.98. The molecule has 2 unspecified atom stereocenters. The van der Waals surface area contributed by atoms with Crippen molar-refractivity contribution in [3.05, 3.63) is 42.2 Å². The summed E-state index contributed by atoms with van der Waals surface area (Å²) in [6, 6.07) is 6.76. The molecule has 6 heteroatoms. The highest BCUT2D eigenvalue weighted by atomic mass is 16.5. The van der Waals surface area contributed by atoms with Gasteiger partial charge in [0, 0.05) is 24.0 Å². The molecule has 1 N–H and O–H groups in total. The Bertz CT molecular complexity index is 626. The number of aromatic nitrogens is 2. The molecule has 2 atom stereocenters. The molecule has 0 saturated heterocycles. The number of carbonyl (C=O) groups excluding carboxylic acids is 1. The summed E-state index contributed by atoms with van der Waals surface area (Å²) < 4.78 is 12.2. The van der Waals surface area contributed by atoms with E-state index in [0.29, 0.717) is 11.5 Å². The van der Waals surface area contributed by atoms with Crippen LogP contribution in [-0.2, 0) is 4.79 Å². The first-order valence-corrected chi connectivity index (χ1v) is 7.08. The molecule has 0 bridgehead atoms. The Balaban J connectivity index is 2.11. The van der Waals surface area contributed by atoms with E-state index in [1.54, 1.807) is 50.4 Å². The zero-order chi connectivity index (χ0) is 16.1. The van der Waals surface area contributed by atoms with Gasteiger partial charge in [-0.2, -0.15) is 5.10 Å². The average Bonchev–Trinajstić information content (AvgIpc) is 3.07. The molecule has 1 aromatic heterocycles. The zero-order valence-corrected chi connectivity index (χ0v) is 13.2. The number of nitrogens with zero attached hydrogens (tertiary/aromatic N) is 2. The molecule has 0 aliphatic carbocycles. The Labute approximate surface area is 130 Å². The van der Waals surface area contributed by atoms with Gasteiger partial charge in [0.2, 0.25) is 5.91 Å². The molecule has 0 fully saturated rings. The van der Waals surface area contributed by atoms with E-state index in [4.69, 9.17) is 9.47 Å². The Morgan fingerprint density at radius 1 is 1.27 bits per heavy atom. The fourth-order valence-corrected chi connectivity index (χ4v) is 2.22. The minimum atomic E-state index is -0.373. The summed E-state index contributed by atoms with van der Waals surface area (Å²) in [5.41, 5.74) is 0.893. The summed E-state index contributed by atoms with van der Waals surface area (Å²) in [6.45, 7) is 3.72. The predicted molar refractivity (Wildman–Crippen MR) is 83.0 cm³/mol. The molecule has 0 aliphatic rings. The monoisotopic (exact) mass is 303 g/mol. The van der Waals surface area contributed by atoms with Gasteiger partial charge in [-0.25, -0.2) is 0 Å². The lowest BCUT2D eigenvalue weighted by atomic mass is 10.1.